The first kappa shape index (κ1) is 14.4. The van der Waals surface area contributed by atoms with E-state index >= 15 is 0 Å². The predicted octanol–water partition coefficient (Wildman–Crippen LogP) is 2.09. The van der Waals surface area contributed by atoms with Crippen molar-refractivity contribution in [3.63, 3.8) is 0 Å². The number of hydrogen-bond acceptors (Lipinski definition) is 4. The third-order valence-corrected chi connectivity index (χ3v) is 2.98. The second-order valence-electron chi connectivity index (χ2n) is 5.94. The monoisotopic (exact) mass is 276 g/mol. The Labute approximate surface area is 118 Å². The normalized spacial score (nSPS) is 15.2. The molecule has 0 saturated heterocycles. The number of aromatic nitrogens is 2. The van der Waals surface area contributed by atoms with E-state index in [1.165, 1.54) is 0 Å². The molecule has 1 amide bonds. The second kappa shape index (κ2) is 5.53. The minimum Gasteiger partial charge on any atom is -0.444 e. The van der Waals surface area contributed by atoms with E-state index in [2.05, 4.69) is 11.2 Å². The number of ether oxygens (including phenoxy) is 1. The van der Waals surface area contributed by atoms with Crippen LogP contribution in [0.15, 0.2) is 6.07 Å². The minimum atomic E-state index is -0.490. The largest absolute Gasteiger partial charge is 0.444 e. The Bertz CT molecular complexity index is 536. The molecular formula is C14H20N4O2. The van der Waals surface area contributed by atoms with Gasteiger partial charge in [-0.15, -0.1) is 0 Å². The van der Waals surface area contributed by atoms with Crippen molar-refractivity contribution in [3.8, 4) is 6.07 Å². The van der Waals surface area contributed by atoms with Crippen molar-refractivity contribution in [2.24, 2.45) is 0 Å². The van der Waals surface area contributed by atoms with Crippen LogP contribution in [0.5, 0.6) is 0 Å². The third kappa shape index (κ3) is 3.50. The van der Waals surface area contributed by atoms with E-state index < -0.39 is 5.60 Å². The summed E-state index contributed by atoms with van der Waals surface area (Å²) < 4.78 is 7.29. The van der Waals surface area contributed by atoms with E-state index in [9.17, 15) is 4.79 Å². The molecule has 0 bridgehead atoms. The van der Waals surface area contributed by atoms with Gasteiger partial charge in [0.05, 0.1) is 30.4 Å². The lowest BCUT2D eigenvalue weighted by Gasteiger charge is -2.26. The Hall–Kier alpha value is -2.03. The molecule has 1 aromatic heterocycles. The van der Waals surface area contributed by atoms with Gasteiger partial charge < -0.3 is 9.64 Å². The maximum Gasteiger partial charge on any atom is 0.410 e. The zero-order valence-electron chi connectivity index (χ0n) is 12.2. The lowest BCUT2D eigenvalue weighted by molar-refractivity contribution is 0.0236. The first-order valence-corrected chi connectivity index (χ1v) is 6.79. The number of carbonyl (C=O) groups is 1. The van der Waals surface area contributed by atoms with Gasteiger partial charge in [-0.05, 0) is 33.3 Å². The number of rotatable bonds is 1. The van der Waals surface area contributed by atoms with Crippen molar-refractivity contribution < 1.29 is 9.53 Å². The van der Waals surface area contributed by atoms with Gasteiger partial charge in [0.2, 0.25) is 0 Å². The first-order valence-electron chi connectivity index (χ1n) is 6.79. The molecule has 1 aliphatic rings. The van der Waals surface area contributed by atoms with Gasteiger partial charge in [-0.1, -0.05) is 0 Å². The Morgan fingerprint density at radius 3 is 2.90 bits per heavy atom. The highest BCUT2D eigenvalue weighted by molar-refractivity contribution is 5.68. The summed E-state index contributed by atoms with van der Waals surface area (Å²) in [5.74, 6) is 0. The van der Waals surface area contributed by atoms with Crippen LogP contribution in [0.1, 0.15) is 38.6 Å². The number of hydrogen-bond donors (Lipinski definition) is 0. The van der Waals surface area contributed by atoms with Crippen LogP contribution in [0, 0.1) is 11.3 Å². The number of aryl methyl sites for hydroxylation is 1. The standard InChI is InChI=1S/C14H20N4O2/c1-14(2,3)20-13(19)17-7-4-8-18-12(10-17)9-11(16-18)5-6-15/h9H,4-5,7-8,10H2,1-3H3. The summed E-state index contributed by atoms with van der Waals surface area (Å²) in [5, 5.41) is 13.1. The fourth-order valence-corrected chi connectivity index (χ4v) is 2.17. The number of fused-ring (bicyclic) bond motifs is 1. The van der Waals surface area contributed by atoms with Crippen molar-refractivity contribution in [2.45, 2.75) is 52.3 Å². The summed E-state index contributed by atoms with van der Waals surface area (Å²) in [6, 6.07) is 3.99. The van der Waals surface area contributed by atoms with Crippen molar-refractivity contribution in [2.75, 3.05) is 6.54 Å². The topological polar surface area (TPSA) is 71.2 Å². The SMILES string of the molecule is CC(C)(C)OC(=O)N1CCCn2nc(CC#N)cc2C1. The smallest absolute Gasteiger partial charge is 0.410 e. The van der Waals surface area contributed by atoms with Crippen molar-refractivity contribution in [1.82, 2.24) is 14.7 Å². The summed E-state index contributed by atoms with van der Waals surface area (Å²) in [6.45, 7) is 7.48. The lowest BCUT2D eigenvalue weighted by atomic mass is 10.2. The highest BCUT2D eigenvalue weighted by Crippen LogP contribution is 2.17. The number of amides is 1. The molecule has 0 radical (unpaired) electrons. The highest BCUT2D eigenvalue weighted by atomic mass is 16.6. The molecule has 1 aliphatic heterocycles. The van der Waals surface area contributed by atoms with Crippen LogP contribution >= 0.6 is 0 Å². The van der Waals surface area contributed by atoms with Gasteiger partial charge in [0.1, 0.15) is 5.60 Å². The predicted molar refractivity (Wildman–Crippen MR) is 72.8 cm³/mol. The average Bonchev–Trinajstić information content (AvgIpc) is 2.57. The van der Waals surface area contributed by atoms with Gasteiger partial charge in [0.15, 0.2) is 0 Å². The zero-order chi connectivity index (χ0) is 14.8. The van der Waals surface area contributed by atoms with E-state index in [4.69, 9.17) is 10.00 Å². The summed E-state index contributed by atoms with van der Waals surface area (Å²) in [6.07, 6.45) is 0.834. The first-order chi connectivity index (χ1) is 9.39. The van der Waals surface area contributed by atoms with Gasteiger partial charge in [-0.3, -0.25) is 4.68 Å². The number of carbonyl (C=O) groups excluding carboxylic acids is 1. The lowest BCUT2D eigenvalue weighted by Crippen LogP contribution is -2.36. The van der Waals surface area contributed by atoms with Crippen LogP contribution in [-0.2, 0) is 24.2 Å². The van der Waals surface area contributed by atoms with Crippen LogP contribution in [0.4, 0.5) is 4.79 Å². The molecule has 6 nitrogen and oxygen atoms in total. The van der Waals surface area contributed by atoms with E-state index in [1.54, 1.807) is 4.90 Å². The van der Waals surface area contributed by atoms with Gasteiger partial charge in [0.25, 0.3) is 0 Å². The Morgan fingerprint density at radius 2 is 2.25 bits per heavy atom. The van der Waals surface area contributed by atoms with E-state index in [1.807, 2.05) is 31.5 Å². The van der Waals surface area contributed by atoms with Crippen LogP contribution < -0.4 is 0 Å². The van der Waals surface area contributed by atoms with E-state index in [-0.39, 0.29) is 6.09 Å². The molecule has 20 heavy (non-hydrogen) atoms. The van der Waals surface area contributed by atoms with E-state index in [0.717, 1.165) is 24.4 Å². The quantitative estimate of drug-likeness (QED) is 0.787. The van der Waals surface area contributed by atoms with Gasteiger partial charge >= 0.3 is 6.09 Å². The molecule has 0 aliphatic carbocycles. The molecular weight excluding hydrogens is 256 g/mol. The second-order valence-corrected chi connectivity index (χ2v) is 5.94. The molecule has 0 saturated carbocycles. The van der Waals surface area contributed by atoms with Crippen molar-refractivity contribution in [3.05, 3.63) is 17.5 Å². The maximum absolute atomic E-state index is 12.1. The number of nitriles is 1. The van der Waals surface area contributed by atoms with Gasteiger partial charge in [-0.25, -0.2) is 4.79 Å². The van der Waals surface area contributed by atoms with Gasteiger partial charge in [0, 0.05) is 13.1 Å². The molecule has 108 valence electrons. The molecule has 2 heterocycles. The molecule has 0 spiro atoms. The van der Waals surface area contributed by atoms with Crippen LogP contribution in [0.3, 0.4) is 0 Å². The summed E-state index contributed by atoms with van der Waals surface area (Å²) in [7, 11) is 0. The molecule has 6 heteroatoms. The Balaban J connectivity index is 2.11. The van der Waals surface area contributed by atoms with Crippen molar-refractivity contribution in [1.29, 1.82) is 5.26 Å². The Morgan fingerprint density at radius 1 is 1.50 bits per heavy atom. The Kier molecular flexibility index (Phi) is 3.98. The molecule has 2 rings (SSSR count). The fourth-order valence-electron chi connectivity index (χ4n) is 2.17. The van der Waals surface area contributed by atoms with Gasteiger partial charge in [-0.2, -0.15) is 10.4 Å². The molecule has 0 fully saturated rings. The summed E-state index contributed by atoms with van der Waals surface area (Å²) in [5.41, 5.74) is 1.22. The molecule has 0 aromatic carbocycles. The number of nitrogens with zero attached hydrogens (tertiary/aromatic N) is 4. The highest BCUT2D eigenvalue weighted by Gasteiger charge is 2.25. The minimum absolute atomic E-state index is 0.297. The summed E-state index contributed by atoms with van der Waals surface area (Å²) in [4.78, 5) is 13.8. The van der Waals surface area contributed by atoms with Crippen LogP contribution in [0.2, 0.25) is 0 Å². The van der Waals surface area contributed by atoms with Crippen molar-refractivity contribution >= 4 is 6.09 Å². The third-order valence-electron chi connectivity index (χ3n) is 2.98. The average molecular weight is 276 g/mol. The molecule has 1 aromatic rings. The molecule has 0 unspecified atom stereocenters. The zero-order valence-corrected chi connectivity index (χ0v) is 12.2. The van der Waals surface area contributed by atoms with Crippen LogP contribution in [-0.4, -0.2) is 32.9 Å². The molecule has 0 N–H and O–H groups in total. The van der Waals surface area contributed by atoms with Crippen LogP contribution in [0.25, 0.3) is 0 Å². The summed E-state index contributed by atoms with van der Waals surface area (Å²) >= 11 is 0. The fraction of sp³-hybridized carbons (Fsp3) is 0.643. The van der Waals surface area contributed by atoms with E-state index in [0.29, 0.717) is 19.5 Å². The maximum atomic E-state index is 12.1. The molecule has 0 atom stereocenters.